The molecule has 1 amide bonds. The fourth-order valence-electron chi connectivity index (χ4n) is 3.12. The number of halogens is 1. The van der Waals surface area contributed by atoms with Gasteiger partial charge in [0.15, 0.2) is 0 Å². The highest BCUT2D eigenvalue weighted by molar-refractivity contribution is 6.34. The van der Waals surface area contributed by atoms with Gasteiger partial charge in [-0.1, -0.05) is 35.3 Å². The Kier molecular flexibility index (Phi) is 5.40. The first-order chi connectivity index (χ1) is 14.1. The molecule has 1 aliphatic carbocycles. The van der Waals surface area contributed by atoms with Crippen molar-refractivity contribution in [2.75, 3.05) is 19.5 Å². The minimum atomic E-state index is -0.333. The Morgan fingerprint density at radius 3 is 2.72 bits per heavy atom. The number of anilines is 1. The summed E-state index contributed by atoms with van der Waals surface area (Å²) >= 11 is 6.30. The molecule has 2 aromatic carbocycles. The van der Waals surface area contributed by atoms with Crippen molar-refractivity contribution < 1.29 is 18.8 Å². The molecule has 4 rings (SSSR count). The number of aromatic nitrogens is 2. The van der Waals surface area contributed by atoms with Crippen molar-refractivity contribution in [3.05, 3.63) is 52.9 Å². The summed E-state index contributed by atoms with van der Waals surface area (Å²) in [4.78, 5) is 17.3. The maximum atomic E-state index is 12.8. The molecule has 0 unspecified atom stereocenters. The zero-order valence-corrected chi connectivity index (χ0v) is 16.8. The molecule has 0 saturated heterocycles. The molecule has 8 heteroatoms. The molecule has 0 radical (unpaired) electrons. The van der Waals surface area contributed by atoms with Gasteiger partial charge in [-0.15, -0.1) is 0 Å². The largest absolute Gasteiger partial charge is 0.497 e. The summed E-state index contributed by atoms with van der Waals surface area (Å²) in [7, 11) is 3.03. The Morgan fingerprint density at radius 1 is 1.21 bits per heavy atom. The van der Waals surface area contributed by atoms with Crippen LogP contribution in [0.4, 0.5) is 5.69 Å². The third-order valence-corrected chi connectivity index (χ3v) is 5.30. The van der Waals surface area contributed by atoms with Gasteiger partial charge in [0.2, 0.25) is 11.7 Å². The first kappa shape index (κ1) is 19.3. The summed E-state index contributed by atoms with van der Waals surface area (Å²) in [5.74, 6) is 2.10. The van der Waals surface area contributed by atoms with Crippen LogP contribution in [0.3, 0.4) is 0 Å². The van der Waals surface area contributed by atoms with Gasteiger partial charge in [0, 0.05) is 29.2 Å². The highest BCUT2D eigenvalue weighted by Crippen LogP contribution is 2.38. The van der Waals surface area contributed by atoms with Crippen LogP contribution in [0.2, 0.25) is 5.02 Å². The maximum absolute atomic E-state index is 12.8. The normalized spacial score (nSPS) is 13.6. The fraction of sp³-hybridized carbons (Fsp3) is 0.286. The van der Waals surface area contributed by atoms with E-state index in [1.54, 1.807) is 30.3 Å². The summed E-state index contributed by atoms with van der Waals surface area (Å²) in [6, 6.07) is 10.3. The van der Waals surface area contributed by atoms with Gasteiger partial charge < -0.3 is 19.3 Å². The molecule has 1 aromatic heterocycles. The van der Waals surface area contributed by atoms with Crippen LogP contribution < -0.4 is 14.8 Å². The molecule has 29 heavy (non-hydrogen) atoms. The Bertz CT molecular complexity index is 1050. The summed E-state index contributed by atoms with van der Waals surface area (Å²) < 4.78 is 15.9. The molecule has 0 aliphatic heterocycles. The molecule has 3 aromatic rings. The molecule has 0 atom stereocenters. The minimum absolute atomic E-state index is 0.314. The van der Waals surface area contributed by atoms with E-state index in [0.29, 0.717) is 51.0 Å². The third kappa shape index (κ3) is 3.91. The fourth-order valence-corrected chi connectivity index (χ4v) is 3.36. The third-order valence-electron chi connectivity index (χ3n) is 5.00. The SMILES string of the molecule is COc1cc(Cl)c(NC(=O)c2cccc(-c3noc(C4CCC4)n3)c2)c(OC)c1. The van der Waals surface area contributed by atoms with E-state index in [4.69, 9.17) is 25.6 Å². The van der Waals surface area contributed by atoms with Crippen molar-refractivity contribution in [1.82, 2.24) is 10.1 Å². The first-order valence-electron chi connectivity index (χ1n) is 9.26. The average molecular weight is 414 g/mol. The van der Waals surface area contributed by atoms with Crippen LogP contribution in [-0.4, -0.2) is 30.3 Å². The minimum Gasteiger partial charge on any atom is -0.497 e. The van der Waals surface area contributed by atoms with Crippen LogP contribution in [0.1, 0.15) is 41.4 Å². The van der Waals surface area contributed by atoms with E-state index < -0.39 is 0 Å². The lowest BCUT2D eigenvalue weighted by Gasteiger charge is -2.20. The van der Waals surface area contributed by atoms with Crippen LogP contribution in [-0.2, 0) is 0 Å². The monoisotopic (exact) mass is 413 g/mol. The summed E-state index contributed by atoms with van der Waals surface area (Å²) in [6.07, 6.45) is 3.35. The Hall–Kier alpha value is -3.06. The number of methoxy groups -OCH3 is 2. The molecular weight excluding hydrogens is 394 g/mol. The Balaban J connectivity index is 1.57. The number of ether oxygens (including phenoxy) is 2. The molecule has 1 heterocycles. The number of hydrogen-bond acceptors (Lipinski definition) is 6. The van der Waals surface area contributed by atoms with Crippen LogP contribution in [0.25, 0.3) is 11.4 Å². The van der Waals surface area contributed by atoms with Crippen LogP contribution in [0.5, 0.6) is 11.5 Å². The molecule has 0 spiro atoms. The number of carbonyl (C=O) groups is 1. The maximum Gasteiger partial charge on any atom is 0.255 e. The van der Waals surface area contributed by atoms with Crippen LogP contribution >= 0.6 is 11.6 Å². The number of amides is 1. The van der Waals surface area contributed by atoms with Gasteiger partial charge in [-0.05, 0) is 25.0 Å². The van der Waals surface area contributed by atoms with Gasteiger partial charge in [0.25, 0.3) is 5.91 Å². The van der Waals surface area contributed by atoms with Crippen molar-refractivity contribution in [2.24, 2.45) is 0 Å². The van der Waals surface area contributed by atoms with E-state index in [0.717, 1.165) is 12.8 Å². The molecule has 1 aliphatic rings. The predicted octanol–water partition coefficient (Wildman–Crippen LogP) is 4.93. The van der Waals surface area contributed by atoms with E-state index in [1.165, 1.54) is 20.6 Å². The van der Waals surface area contributed by atoms with Gasteiger partial charge in [-0.25, -0.2) is 0 Å². The zero-order chi connectivity index (χ0) is 20.4. The van der Waals surface area contributed by atoms with E-state index in [-0.39, 0.29) is 5.91 Å². The number of benzene rings is 2. The summed E-state index contributed by atoms with van der Waals surface area (Å²) in [6.45, 7) is 0. The van der Waals surface area contributed by atoms with Gasteiger partial charge >= 0.3 is 0 Å². The quantitative estimate of drug-likeness (QED) is 0.616. The Morgan fingerprint density at radius 2 is 2.03 bits per heavy atom. The number of carbonyl (C=O) groups excluding carboxylic acids is 1. The van der Waals surface area contributed by atoms with E-state index >= 15 is 0 Å². The van der Waals surface area contributed by atoms with Gasteiger partial charge in [-0.3, -0.25) is 4.79 Å². The number of hydrogen-bond donors (Lipinski definition) is 1. The molecule has 0 bridgehead atoms. The van der Waals surface area contributed by atoms with Gasteiger partial charge in [-0.2, -0.15) is 4.98 Å². The second kappa shape index (κ2) is 8.13. The molecule has 150 valence electrons. The van der Waals surface area contributed by atoms with Crippen molar-refractivity contribution in [1.29, 1.82) is 0 Å². The smallest absolute Gasteiger partial charge is 0.255 e. The highest BCUT2D eigenvalue weighted by atomic mass is 35.5. The second-order valence-electron chi connectivity index (χ2n) is 6.81. The lowest BCUT2D eigenvalue weighted by Crippen LogP contribution is -2.13. The van der Waals surface area contributed by atoms with Crippen molar-refractivity contribution >= 4 is 23.2 Å². The number of rotatable bonds is 6. The lowest BCUT2D eigenvalue weighted by molar-refractivity contribution is 0.102. The highest BCUT2D eigenvalue weighted by Gasteiger charge is 2.25. The van der Waals surface area contributed by atoms with Gasteiger partial charge in [0.1, 0.15) is 17.2 Å². The summed E-state index contributed by atoms with van der Waals surface area (Å²) in [5, 5.41) is 7.18. The second-order valence-corrected chi connectivity index (χ2v) is 7.21. The van der Waals surface area contributed by atoms with E-state index in [9.17, 15) is 4.79 Å². The molecule has 7 nitrogen and oxygen atoms in total. The van der Waals surface area contributed by atoms with Crippen LogP contribution in [0.15, 0.2) is 40.9 Å². The molecule has 1 saturated carbocycles. The number of nitrogens with zero attached hydrogens (tertiary/aromatic N) is 2. The zero-order valence-electron chi connectivity index (χ0n) is 16.1. The van der Waals surface area contributed by atoms with E-state index in [1.807, 2.05) is 6.07 Å². The summed E-state index contributed by atoms with van der Waals surface area (Å²) in [5.41, 5.74) is 1.52. The molecule has 1 fully saturated rings. The lowest BCUT2D eigenvalue weighted by atomic mass is 9.85. The standard InChI is InChI=1S/C21H20ClN3O4/c1-27-15-10-16(22)18(17(11-15)28-2)23-20(26)14-8-4-7-13(9-14)19-24-21(29-25-19)12-5-3-6-12/h4,7-12H,3,5-6H2,1-2H3,(H,23,26). The Labute approximate surface area is 173 Å². The molecular formula is C21H20ClN3O4. The predicted molar refractivity (Wildman–Crippen MR) is 109 cm³/mol. The van der Waals surface area contributed by atoms with Crippen LogP contribution in [0, 0.1) is 0 Å². The van der Waals surface area contributed by atoms with Crippen molar-refractivity contribution in [3.63, 3.8) is 0 Å². The topological polar surface area (TPSA) is 86.5 Å². The van der Waals surface area contributed by atoms with Gasteiger partial charge in [0.05, 0.1) is 19.2 Å². The average Bonchev–Trinajstić information content (AvgIpc) is 3.17. The van der Waals surface area contributed by atoms with E-state index in [2.05, 4.69) is 15.5 Å². The van der Waals surface area contributed by atoms with Crippen molar-refractivity contribution in [3.8, 4) is 22.9 Å². The molecule has 1 N–H and O–H groups in total. The van der Waals surface area contributed by atoms with Crippen molar-refractivity contribution in [2.45, 2.75) is 25.2 Å². The number of nitrogens with one attached hydrogen (secondary N) is 1. The first-order valence-corrected chi connectivity index (χ1v) is 9.63.